The molecule has 8 heteroatoms. The monoisotopic (exact) mass is 396 g/mol. The van der Waals surface area contributed by atoms with Crippen molar-refractivity contribution in [1.82, 2.24) is 5.16 Å². The van der Waals surface area contributed by atoms with E-state index in [1.165, 1.54) is 23.3 Å². The van der Waals surface area contributed by atoms with Gasteiger partial charge in [-0.15, -0.1) is 11.3 Å². The molecule has 1 saturated heterocycles. The number of nitrogens with zero attached hydrogens (tertiary/aromatic N) is 2. The third-order valence-corrected chi connectivity index (χ3v) is 5.39. The quantitative estimate of drug-likeness (QED) is 0.411. The first-order valence-corrected chi connectivity index (χ1v) is 9.31. The largest absolute Gasteiger partial charge is 0.507 e. The van der Waals surface area contributed by atoms with Crippen LogP contribution in [0.3, 0.4) is 0 Å². The Hall–Kier alpha value is -3.39. The zero-order chi connectivity index (χ0) is 19.8. The number of aromatic nitrogens is 1. The summed E-state index contributed by atoms with van der Waals surface area (Å²) >= 11 is 1.38. The normalized spacial score (nSPS) is 18.6. The number of amides is 1. The standard InChI is InChI=1S/C20H16N2O5S/c1-11-9-15(21-27-11)22-17(14-7-4-8-28-14)16(19(24)20(22)25)18(23)12-5-3-6-13(10-12)26-2/h3-10,17,23H,1-2H3/b18-16-/t17-/m1/s1. The molecule has 7 nitrogen and oxygen atoms in total. The molecule has 3 aromatic rings. The lowest BCUT2D eigenvalue weighted by atomic mass is 10.00. The Kier molecular flexibility index (Phi) is 4.48. The van der Waals surface area contributed by atoms with E-state index in [9.17, 15) is 14.7 Å². The summed E-state index contributed by atoms with van der Waals surface area (Å²) in [4.78, 5) is 27.7. The van der Waals surface area contributed by atoms with Crippen LogP contribution in [-0.4, -0.2) is 29.1 Å². The Balaban J connectivity index is 1.92. The summed E-state index contributed by atoms with van der Waals surface area (Å²) in [5.74, 6) is -0.552. The van der Waals surface area contributed by atoms with E-state index in [1.54, 1.807) is 43.3 Å². The highest BCUT2D eigenvalue weighted by molar-refractivity contribution is 7.10. The predicted molar refractivity (Wildman–Crippen MR) is 103 cm³/mol. The topological polar surface area (TPSA) is 92.9 Å². The fraction of sp³-hybridized carbons (Fsp3) is 0.150. The van der Waals surface area contributed by atoms with E-state index in [2.05, 4.69) is 5.16 Å². The molecule has 2 aromatic heterocycles. The molecule has 142 valence electrons. The molecule has 0 radical (unpaired) electrons. The van der Waals surface area contributed by atoms with Gasteiger partial charge in [-0.3, -0.25) is 14.5 Å². The van der Waals surface area contributed by atoms with Crippen molar-refractivity contribution in [3.8, 4) is 5.75 Å². The molecule has 1 atom stereocenters. The van der Waals surface area contributed by atoms with Crippen LogP contribution in [0.5, 0.6) is 5.75 Å². The van der Waals surface area contributed by atoms with Gasteiger partial charge < -0.3 is 14.4 Å². The van der Waals surface area contributed by atoms with Gasteiger partial charge in [0.25, 0.3) is 5.78 Å². The van der Waals surface area contributed by atoms with E-state index >= 15 is 0 Å². The Labute approximate surface area is 164 Å². The number of methoxy groups -OCH3 is 1. The lowest BCUT2D eigenvalue weighted by molar-refractivity contribution is -0.132. The molecule has 1 aliphatic rings. The Bertz CT molecular complexity index is 1080. The molecule has 1 aromatic carbocycles. The van der Waals surface area contributed by atoms with Gasteiger partial charge in [-0.25, -0.2) is 0 Å². The van der Waals surface area contributed by atoms with E-state index in [-0.39, 0.29) is 17.2 Å². The van der Waals surface area contributed by atoms with Gasteiger partial charge in [0.2, 0.25) is 0 Å². The van der Waals surface area contributed by atoms with Gasteiger partial charge in [0.15, 0.2) is 5.82 Å². The molecule has 1 fully saturated rings. The van der Waals surface area contributed by atoms with Crippen molar-refractivity contribution in [3.05, 3.63) is 69.6 Å². The molecule has 0 unspecified atom stereocenters. The van der Waals surface area contributed by atoms with Gasteiger partial charge in [0, 0.05) is 16.5 Å². The van der Waals surface area contributed by atoms with E-state index in [4.69, 9.17) is 9.26 Å². The van der Waals surface area contributed by atoms with Crippen molar-refractivity contribution in [1.29, 1.82) is 0 Å². The maximum absolute atomic E-state index is 12.9. The van der Waals surface area contributed by atoms with Gasteiger partial charge >= 0.3 is 5.91 Å². The van der Waals surface area contributed by atoms with Crippen LogP contribution in [0.25, 0.3) is 5.76 Å². The van der Waals surface area contributed by atoms with E-state index < -0.39 is 17.7 Å². The third kappa shape index (κ3) is 2.87. The summed E-state index contributed by atoms with van der Waals surface area (Å²) < 4.78 is 10.3. The zero-order valence-corrected chi connectivity index (χ0v) is 15.9. The Morgan fingerprint density at radius 1 is 1.25 bits per heavy atom. The summed E-state index contributed by atoms with van der Waals surface area (Å²) in [5, 5.41) is 16.7. The highest BCUT2D eigenvalue weighted by Gasteiger charge is 2.48. The number of aryl methyl sites for hydroxylation is 1. The summed E-state index contributed by atoms with van der Waals surface area (Å²) in [6.45, 7) is 1.70. The van der Waals surface area contributed by atoms with Gasteiger partial charge in [-0.05, 0) is 30.5 Å². The smallest absolute Gasteiger partial charge is 0.301 e. The molecule has 0 aliphatic carbocycles. The number of carbonyl (C=O) groups excluding carboxylic acids is 2. The van der Waals surface area contributed by atoms with Crippen LogP contribution < -0.4 is 9.64 Å². The van der Waals surface area contributed by atoms with Crippen LogP contribution in [0.2, 0.25) is 0 Å². The first-order valence-electron chi connectivity index (χ1n) is 8.43. The van der Waals surface area contributed by atoms with Crippen molar-refractivity contribution >= 4 is 34.6 Å². The number of hydrogen-bond acceptors (Lipinski definition) is 7. The number of aliphatic hydroxyl groups is 1. The maximum atomic E-state index is 12.9. The molecule has 1 aliphatic heterocycles. The van der Waals surface area contributed by atoms with E-state index in [1.807, 2.05) is 11.4 Å². The number of thiophene rings is 1. The fourth-order valence-corrected chi connectivity index (χ4v) is 4.00. The van der Waals surface area contributed by atoms with Crippen LogP contribution in [0.1, 0.15) is 22.2 Å². The highest BCUT2D eigenvalue weighted by atomic mass is 32.1. The van der Waals surface area contributed by atoms with Crippen LogP contribution in [0, 0.1) is 6.92 Å². The van der Waals surface area contributed by atoms with E-state index in [0.717, 1.165) is 4.88 Å². The molecule has 0 spiro atoms. The Morgan fingerprint density at radius 3 is 2.71 bits per heavy atom. The predicted octanol–water partition coefficient (Wildman–Crippen LogP) is 3.68. The molecular weight excluding hydrogens is 380 g/mol. The number of benzene rings is 1. The number of hydrogen-bond donors (Lipinski definition) is 1. The van der Waals surface area contributed by atoms with Crippen molar-refractivity contribution in [2.24, 2.45) is 0 Å². The van der Waals surface area contributed by atoms with Crippen LogP contribution >= 0.6 is 11.3 Å². The molecular formula is C20H16N2O5S. The number of aliphatic hydroxyl groups excluding tert-OH is 1. The Morgan fingerprint density at radius 2 is 2.07 bits per heavy atom. The van der Waals surface area contributed by atoms with Crippen LogP contribution in [-0.2, 0) is 9.59 Å². The summed E-state index contributed by atoms with van der Waals surface area (Å²) in [6.07, 6.45) is 0. The minimum Gasteiger partial charge on any atom is -0.507 e. The lowest BCUT2D eigenvalue weighted by Crippen LogP contribution is -2.29. The van der Waals surface area contributed by atoms with Gasteiger partial charge in [0.1, 0.15) is 23.3 Å². The number of ether oxygens (including phenoxy) is 1. The first-order chi connectivity index (χ1) is 13.5. The van der Waals surface area contributed by atoms with Crippen molar-refractivity contribution < 1.29 is 24.0 Å². The van der Waals surface area contributed by atoms with Crippen molar-refractivity contribution in [3.63, 3.8) is 0 Å². The van der Waals surface area contributed by atoms with E-state index in [0.29, 0.717) is 17.1 Å². The van der Waals surface area contributed by atoms with Gasteiger partial charge in [-0.2, -0.15) is 0 Å². The van der Waals surface area contributed by atoms with Crippen molar-refractivity contribution in [2.75, 3.05) is 12.0 Å². The first kappa shape index (κ1) is 18.0. The number of ketones is 1. The van der Waals surface area contributed by atoms with Gasteiger partial charge in [0.05, 0.1) is 12.7 Å². The number of carbonyl (C=O) groups is 2. The van der Waals surface area contributed by atoms with Crippen molar-refractivity contribution in [2.45, 2.75) is 13.0 Å². The van der Waals surface area contributed by atoms with Gasteiger partial charge in [-0.1, -0.05) is 23.4 Å². The average molecular weight is 396 g/mol. The minimum atomic E-state index is -0.796. The number of rotatable bonds is 4. The second-order valence-electron chi connectivity index (χ2n) is 6.21. The highest BCUT2D eigenvalue weighted by Crippen LogP contribution is 2.43. The van der Waals surface area contributed by atoms with Crippen LogP contribution in [0.15, 0.2) is 57.9 Å². The summed E-state index contributed by atoms with van der Waals surface area (Å²) in [6, 6.07) is 11.1. The second-order valence-corrected chi connectivity index (χ2v) is 7.19. The molecule has 4 rings (SSSR count). The molecule has 0 bridgehead atoms. The number of anilines is 1. The minimum absolute atomic E-state index is 0.00126. The molecule has 1 N–H and O–H groups in total. The SMILES string of the molecule is COc1cccc(/C(O)=C2/C(=O)C(=O)N(c3cc(C)on3)[C@@H]2c2cccs2)c1. The average Bonchev–Trinajstić information content (AvgIpc) is 3.42. The molecule has 0 saturated carbocycles. The maximum Gasteiger partial charge on any atom is 0.301 e. The molecule has 28 heavy (non-hydrogen) atoms. The number of Topliss-reactive ketones (excluding diaryl/α,β-unsaturated/α-hetero) is 1. The summed E-state index contributed by atoms with van der Waals surface area (Å²) in [7, 11) is 1.51. The van der Waals surface area contributed by atoms with Crippen LogP contribution in [0.4, 0.5) is 5.82 Å². The third-order valence-electron chi connectivity index (χ3n) is 4.46. The zero-order valence-electron chi connectivity index (χ0n) is 15.1. The second kappa shape index (κ2) is 6.97. The fourth-order valence-electron chi connectivity index (χ4n) is 3.18. The lowest BCUT2D eigenvalue weighted by Gasteiger charge is -2.21. The summed E-state index contributed by atoms with van der Waals surface area (Å²) in [5.41, 5.74) is 0.386. The molecule has 1 amide bonds. The molecule has 3 heterocycles.